The minimum absolute atomic E-state index is 0.434. The highest BCUT2D eigenvalue weighted by Crippen LogP contribution is 2.33. The van der Waals surface area contributed by atoms with Crippen molar-refractivity contribution in [2.45, 2.75) is 18.6 Å². The normalized spacial score (nSPS) is 21.9. The first-order chi connectivity index (χ1) is 9.77. The van der Waals surface area contributed by atoms with Gasteiger partial charge in [0.05, 0.1) is 31.6 Å². The lowest BCUT2D eigenvalue weighted by Gasteiger charge is -2.39. The van der Waals surface area contributed by atoms with E-state index in [0.29, 0.717) is 13.2 Å². The fourth-order valence-electron chi connectivity index (χ4n) is 3.18. The van der Waals surface area contributed by atoms with Gasteiger partial charge in [-0.2, -0.15) is 0 Å². The van der Waals surface area contributed by atoms with Crippen LogP contribution in [0.3, 0.4) is 0 Å². The van der Waals surface area contributed by atoms with E-state index >= 15 is 0 Å². The number of aryl methyl sites for hydroxylation is 1. The van der Waals surface area contributed by atoms with Crippen LogP contribution in [0.4, 0.5) is 5.82 Å². The van der Waals surface area contributed by atoms with Gasteiger partial charge in [0.15, 0.2) is 11.6 Å². The molecule has 4 heterocycles. The summed E-state index contributed by atoms with van der Waals surface area (Å²) >= 11 is 0. The summed E-state index contributed by atoms with van der Waals surface area (Å²) in [5.74, 6) is 0.498. The van der Waals surface area contributed by atoms with Crippen LogP contribution in [0.15, 0.2) is 18.6 Å². The van der Waals surface area contributed by atoms with Gasteiger partial charge < -0.3 is 18.9 Å². The van der Waals surface area contributed by atoms with E-state index < -0.39 is 5.79 Å². The van der Waals surface area contributed by atoms with Gasteiger partial charge >= 0.3 is 0 Å². The summed E-state index contributed by atoms with van der Waals surface area (Å²) in [4.78, 5) is 11.3. The monoisotopic (exact) mass is 274 g/mol. The van der Waals surface area contributed by atoms with Crippen molar-refractivity contribution in [1.82, 2.24) is 14.5 Å². The molecular weight excluding hydrogens is 256 g/mol. The zero-order valence-corrected chi connectivity index (χ0v) is 11.6. The average Bonchev–Trinajstić information content (AvgIpc) is 3.07. The molecule has 0 amide bonds. The Bertz CT molecular complexity index is 633. The first-order valence-electron chi connectivity index (χ1n) is 7.06. The van der Waals surface area contributed by atoms with Crippen molar-refractivity contribution >= 4 is 16.9 Å². The predicted octanol–water partition coefficient (Wildman–Crippen LogP) is 1.31. The second-order valence-electron chi connectivity index (χ2n) is 5.49. The molecule has 1 spiro atoms. The van der Waals surface area contributed by atoms with E-state index in [1.54, 1.807) is 0 Å². The molecule has 6 heteroatoms. The lowest BCUT2D eigenvalue weighted by atomic mass is 10.0. The summed E-state index contributed by atoms with van der Waals surface area (Å²) in [7, 11) is 2.00. The topological polar surface area (TPSA) is 52.4 Å². The Balaban J connectivity index is 1.71. The maximum atomic E-state index is 5.83. The predicted molar refractivity (Wildman–Crippen MR) is 74.6 cm³/mol. The van der Waals surface area contributed by atoms with Gasteiger partial charge in [-0.3, -0.25) is 0 Å². The van der Waals surface area contributed by atoms with E-state index in [0.717, 1.165) is 42.8 Å². The minimum Gasteiger partial charge on any atom is -0.349 e. The third kappa shape index (κ3) is 1.79. The Morgan fingerprint density at radius 2 is 2.10 bits per heavy atom. The summed E-state index contributed by atoms with van der Waals surface area (Å²) in [5, 5.41) is 0. The van der Waals surface area contributed by atoms with Crippen molar-refractivity contribution in [2.75, 3.05) is 31.2 Å². The molecule has 2 aromatic heterocycles. The Morgan fingerprint density at radius 1 is 1.25 bits per heavy atom. The fraction of sp³-hybridized carbons (Fsp3) is 0.571. The average molecular weight is 274 g/mol. The van der Waals surface area contributed by atoms with Crippen LogP contribution >= 0.6 is 0 Å². The first kappa shape index (κ1) is 12.1. The van der Waals surface area contributed by atoms with Crippen molar-refractivity contribution in [1.29, 1.82) is 0 Å². The molecular formula is C14H18N4O2. The number of aromatic nitrogens is 3. The van der Waals surface area contributed by atoms with Crippen LogP contribution in [0.25, 0.3) is 11.0 Å². The van der Waals surface area contributed by atoms with Crippen LogP contribution in [0.5, 0.6) is 0 Å². The quantitative estimate of drug-likeness (QED) is 0.785. The van der Waals surface area contributed by atoms with Gasteiger partial charge in [-0.1, -0.05) is 0 Å². The molecule has 20 heavy (non-hydrogen) atoms. The zero-order valence-electron chi connectivity index (χ0n) is 11.6. The fourth-order valence-corrected chi connectivity index (χ4v) is 3.18. The maximum Gasteiger partial charge on any atom is 0.186 e. The zero-order chi connectivity index (χ0) is 13.6. The van der Waals surface area contributed by atoms with Crippen molar-refractivity contribution in [3.63, 3.8) is 0 Å². The van der Waals surface area contributed by atoms with Crippen molar-refractivity contribution in [2.24, 2.45) is 7.05 Å². The van der Waals surface area contributed by atoms with E-state index in [2.05, 4.69) is 14.9 Å². The Morgan fingerprint density at radius 3 is 2.95 bits per heavy atom. The molecule has 2 saturated heterocycles. The number of piperidine rings is 1. The number of imidazole rings is 1. The van der Waals surface area contributed by atoms with Crippen LogP contribution < -0.4 is 4.90 Å². The van der Waals surface area contributed by atoms with Crippen LogP contribution in [0, 0.1) is 0 Å². The summed E-state index contributed by atoms with van der Waals surface area (Å²) in [6.45, 7) is 3.08. The highest BCUT2D eigenvalue weighted by Gasteiger charge is 2.41. The van der Waals surface area contributed by atoms with Gasteiger partial charge in [0.1, 0.15) is 5.52 Å². The molecule has 0 aliphatic carbocycles. The van der Waals surface area contributed by atoms with E-state index in [1.807, 2.05) is 30.2 Å². The van der Waals surface area contributed by atoms with Gasteiger partial charge in [-0.15, -0.1) is 0 Å². The number of ether oxygens (including phenoxy) is 2. The molecule has 0 bridgehead atoms. The largest absolute Gasteiger partial charge is 0.349 e. The van der Waals surface area contributed by atoms with Crippen molar-refractivity contribution in [3.8, 4) is 0 Å². The molecule has 0 aromatic carbocycles. The summed E-state index contributed by atoms with van der Waals surface area (Å²) in [5.41, 5.74) is 2.05. The molecule has 4 rings (SSSR count). The third-order valence-corrected chi connectivity index (χ3v) is 4.15. The molecule has 0 radical (unpaired) electrons. The number of hydrogen-bond acceptors (Lipinski definition) is 5. The molecule has 2 aromatic rings. The number of anilines is 1. The maximum absolute atomic E-state index is 5.83. The van der Waals surface area contributed by atoms with Gasteiger partial charge in [0.25, 0.3) is 0 Å². The van der Waals surface area contributed by atoms with Crippen LogP contribution in [-0.2, 0) is 16.5 Å². The molecule has 0 atom stereocenters. The highest BCUT2D eigenvalue weighted by atomic mass is 16.7. The number of nitrogens with zero attached hydrogens (tertiary/aromatic N) is 4. The molecule has 2 aliphatic heterocycles. The number of hydrogen-bond donors (Lipinski definition) is 0. The number of pyridine rings is 1. The number of fused-ring (bicyclic) bond motifs is 1. The molecule has 2 aliphatic rings. The van der Waals surface area contributed by atoms with Gasteiger partial charge in [0, 0.05) is 26.2 Å². The van der Waals surface area contributed by atoms with Crippen molar-refractivity contribution in [3.05, 3.63) is 18.6 Å². The van der Waals surface area contributed by atoms with E-state index in [-0.39, 0.29) is 0 Å². The molecule has 2 fully saturated rings. The van der Waals surface area contributed by atoms with Gasteiger partial charge in [0.2, 0.25) is 0 Å². The molecule has 0 saturated carbocycles. The summed E-state index contributed by atoms with van der Waals surface area (Å²) in [6, 6.07) is 1.99. The minimum atomic E-state index is -0.434. The Labute approximate surface area is 117 Å². The van der Waals surface area contributed by atoms with Gasteiger partial charge in [-0.05, 0) is 12.5 Å². The second kappa shape index (κ2) is 4.43. The third-order valence-electron chi connectivity index (χ3n) is 4.15. The van der Waals surface area contributed by atoms with Crippen LogP contribution in [0.1, 0.15) is 12.8 Å². The van der Waals surface area contributed by atoms with Crippen LogP contribution in [-0.4, -0.2) is 46.6 Å². The molecule has 6 nitrogen and oxygen atoms in total. The van der Waals surface area contributed by atoms with E-state index in [1.165, 1.54) is 0 Å². The smallest absolute Gasteiger partial charge is 0.186 e. The van der Waals surface area contributed by atoms with Crippen molar-refractivity contribution < 1.29 is 9.47 Å². The van der Waals surface area contributed by atoms with Crippen LogP contribution in [0.2, 0.25) is 0 Å². The van der Waals surface area contributed by atoms with Gasteiger partial charge in [-0.25, -0.2) is 9.97 Å². The standard InChI is InChI=1S/C14H18N4O2/c1-17-10-16-12-11(17)3-5-15-13(12)18-6-2-4-14(9-18)19-7-8-20-14/h3,5,10H,2,4,6-9H2,1H3. The van der Waals surface area contributed by atoms with E-state index in [9.17, 15) is 0 Å². The lowest BCUT2D eigenvalue weighted by Crippen LogP contribution is -2.49. The molecule has 0 unspecified atom stereocenters. The number of rotatable bonds is 1. The second-order valence-corrected chi connectivity index (χ2v) is 5.49. The molecule has 106 valence electrons. The first-order valence-corrected chi connectivity index (χ1v) is 7.06. The summed E-state index contributed by atoms with van der Waals surface area (Å²) < 4.78 is 13.7. The molecule has 0 N–H and O–H groups in total. The lowest BCUT2D eigenvalue weighted by molar-refractivity contribution is -0.161. The Hall–Kier alpha value is -1.66. The SMILES string of the molecule is Cn1cnc2c(N3CCCC4(C3)OCCO4)nccc21. The summed E-state index contributed by atoms with van der Waals surface area (Å²) in [6.07, 6.45) is 5.68. The highest BCUT2D eigenvalue weighted by molar-refractivity contribution is 5.86. The van der Waals surface area contributed by atoms with E-state index in [4.69, 9.17) is 9.47 Å². The Kier molecular flexibility index (Phi) is 2.68.